The Morgan fingerprint density at radius 1 is 1.00 bits per heavy atom. The first-order valence-corrected chi connectivity index (χ1v) is 10.3. The van der Waals surface area contributed by atoms with Crippen molar-refractivity contribution in [3.8, 4) is 11.5 Å². The molecule has 0 fully saturated rings. The van der Waals surface area contributed by atoms with Gasteiger partial charge in [0.1, 0.15) is 18.9 Å². The average Bonchev–Trinajstić information content (AvgIpc) is 2.86. The zero-order valence-corrected chi connectivity index (χ0v) is 16.4. The zero-order valence-electron chi connectivity index (χ0n) is 16.4. The van der Waals surface area contributed by atoms with Crippen molar-refractivity contribution in [2.75, 3.05) is 31.2 Å². The molecule has 0 saturated carbocycles. The van der Waals surface area contributed by atoms with Crippen molar-refractivity contribution in [1.82, 2.24) is 0 Å². The molecule has 0 bridgehead atoms. The number of β-amino-alcohol motifs (C(OH)–C–C–N with tert-alkyl or cyclic N) is 1. The van der Waals surface area contributed by atoms with Gasteiger partial charge in [0.15, 0.2) is 18.0 Å². The number of hydrogen-bond acceptors (Lipinski definition) is 4. The molecule has 0 radical (unpaired) electrons. The topological polar surface area (TPSA) is 44.9 Å². The van der Waals surface area contributed by atoms with E-state index in [-0.39, 0.29) is 0 Å². The molecule has 0 aromatic heterocycles. The van der Waals surface area contributed by atoms with E-state index in [1.54, 1.807) is 0 Å². The molecular formula is C23H27N2O3+. The number of rotatable bonds is 2. The lowest BCUT2D eigenvalue weighted by Gasteiger charge is -2.26. The maximum atomic E-state index is 12.0. The molecule has 0 aliphatic carbocycles. The van der Waals surface area contributed by atoms with Gasteiger partial charge in [0.05, 0.1) is 6.54 Å². The number of amidine groups is 1. The van der Waals surface area contributed by atoms with E-state index in [1.165, 1.54) is 17.8 Å². The van der Waals surface area contributed by atoms with Gasteiger partial charge in [0, 0.05) is 12.0 Å². The Hall–Kier alpha value is -2.53. The van der Waals surface area contributed by atoms with Crippen LogP contribution in [0.5, 0.6) is 11.5 Å². The molecule has 2 aromatic carbocycles. The first kappa shape index (κ1) is 17.6. The van der Waals surface area contributed by atoms with Crippen LogP contribution >= 0.6 is 0 Å². The summed E-state index contributed by atoms with van der Waals surface area (Å²) >= 11 is 0. The first-order valence-electron chi connectivity index (χ1n) is 10.3. The van der Waals surface area contributed by atoms with Crippen LogP contribution in [0.1, 0.15) is 36.8 Å². The molecule has 1 N–H and O–H groups in total. The summed E-state index contributed by atoms with van der Waals surface area (Å²) in [6.07, 6.45) is 4.43. The van der Waals surface area contributed by atoms with E-state index < -0.39 is 5.72 Å². The minimum Gasteiger partial charge on any atom is -0.486 e. The molecule has 0 amide bonds. The van der Waals surface area contributed by atoms with Gasteiger partial charge in [0.25, 0.3) is 11.6 Å². The standard InChI is InChI=1S/C23H27N2O3/c1-17-6-5-7-19(14-17)24-16-23(26,25-11-4-2-3-8-22(24)25)18-9-10-20-21(15-18)28-13-12-27-20/h5-7,9-10,14-15,26H,2-4,8,11-13,16H2,1H3/q+1/t23-/m1/s1. The Bertz CT molecular complexity index is 939. The highest BCUT2D eigenvalue weighted by molar-refractivity contribution is 5.96. The van der Waals surface area contributed by atoms with Gasteiger partial charge in [-0.05, 0) is 62.1 Å². The highest BCUT2D eigenvalue weighted by atomic mass is 16.6. The maximum absolute atomic E-state index is 12.0. The Morgan fingerprint density at radius 2 is 1.86 bits per heavy atom. The summed E-state index contributed by atoms with van der Waals surface area (Å²) in [6.45, 7) is 4.61. The van der Waals surface area contributed by atoms with Gasteiger partial charge in [-0.2, -0.15) is 0 Å². The lowest BCUT2D eigenvalue weighted by molar-refractivity contribution is -0.658. The van der Waals surface area contributed by atoms with E-state index in [9.17, 15) is 5.11 Å². The molecule has 3 heterocycles. The lowest BCUT2D eigenvalue weighted by Crippen LogP contribution is -2.41. The fraction of sp³-hybridized carbons (Fsp3) is 0.435. The highest BCUT2D eigenvalue weighted by Crippen LogP contribution is 2.39. The molecule has 28 heavy (non-hydrogen) atoms. The van der Waals surface area contributed by atoms with Crippen LogP contribution in [0.15, 0.2) is 42.5 Å². The first-order chi connectivity index (χ1) is 13.6. The maximum Gasteiger partial charge on any atom is 0.271 e. The van der Waals surface area contributed by atoms with Gasteiger partial charge in [-0.3, -0.25) is 0 Å². The van der Waals surface area contributed by atoms with E-state index in [1.807, 2.05) is 18.2 Å². The van der Waals surface area contributed by atoms with Crippen molar-refractivity contribution in [3.05, 3.63) is 53.6 Å². The predicted octanol–water partition coefficient (Wildman–Crippen LogP) is 3.42. The largest absolute Gasteiger partial charge is 0.486 e. The van der Waals surface area contributed by atoms with Gasteiger partial charge >= 0.3 is 0 Å². The smallest absolute Gasteiger partial charge is 0.271 e. The van der Waals surface area contributed by atoms with Gasteiger partial charge in [-0.25, -0.2) is 9.48 Å². The summed E-state index contributed by atoms with van der Waals surface area (Å²) in [4.78, 5) is 2.30. The molecular weight excluding hydrogens is 352 g/mol. The fourth-order valence-corrected chi connectivity index (χ4v) is 4.65. The van der Waals surface area contributed by atoms with Gasteiger partial charge in [-0.1, -0.05) is 12.1 Å². The number of nitrogens with zero attached hydrogens (tertiary/aromatic N) is 2. The van der Waals surface area contributed by atoms with Crippen LogP contribution in [-0.4, -0.2) is 41.8 Å². The molecule has 5 heteroatoms. The van der Waals surface area contributed by atoms with Crippen LogP contribution < -0.4 is 14.4 Å². The molecule has 1 atom stereocenters. The molecule has 0 saturated heterocycles. The Labute approximate surface area is 165 Å². The summed E-state index contributed by atoms with van der Waals surface area (Å²) < 4.78 is 13.7. The Morgan fingerprint density at radius 3 is 2.71 bits per heavy atom. The quantitative estimate of drug-likeness (QED) is 0.812. The molecule has 3 aliphatic rings. The van der Waals surface area contributed by atoms with E-state index in [4.69, 9.17) is 9.47 Å². The van der Waals surface area contributed by atoms with Crippen molar-refractivity contribution >= 4 is 11.5 Å². The summed E-state index contributed by atoms with van der Waals surface area (Å²) in [7, 11) is 0. The highest BCUT2D eigenvalue weighted by Gasteiger charge is 2.52. The van der Waals surface area contributed by atoms with Crippen LogP contribution in [0.4, 0.5) is 5.69 Å². The third-order valence-corrected chi connectivity index (χ3v) is 6.05. The summed E-state index contributed by atoms with van der Waals surface area (Å²) in [6, 6.07) is 14.4. The van der Waals surface area contributed by atoms with E-state index in [2.05, 4.69) is 40.7 Å². The van der Waals surface area contributed by atoms with Crippen LogP contribution in [0.3, 0.4) is 0 Å². The van der Waals surface area contributed by atoms with Gasteiger partial charge < -0.3 is 14.6 Å². The molecule has 5 nitrogen and oxygen atoms in total. The predicted molar refractivity (Wildman–Crippen MR) is 108 cm³/mol. The SMILES string of the molecule is Cc1cccc(N2C[C@@](O)(c3ccc4c(c3)OCCO4)[N+]3=C2CCCCC3)c1. The molecule has 5 rings (SSSR count). The summed E-state index contributed by atoms with van der Waals surface area (Å²) in [5.41, 5.74) is 2.17. The second kappa shape index (κ2) is 6.82. The van der Waals surface area contributed by atoms with Gasteiger partial charge in [-0.15, -0.1) is 0 Å². The van der Waals surface area contributed by atoms with Crippen molar-refractivity contribution in [3.63, 3.8) is 0 Å². The lowest BCUT2D eigenvalue weighted by atomic mass is 10.0. The van der Waals surface area contributed by atoms with Crippen molar-refractivity contribution < 1.29 is 19.2 Å². The number of ether oxygens (including phenoxy) is 2. The van der Waals surface area contributed by atoms with E-state index in [0.717, 1.165) is 48.6 Å². The number of benzene rings is 2. The minimum atomic E-state index is -1.07. The molecule has 3 aliphatic heterocycles. The van der Waals surface area contributed by atoms with Crippen molar-refractivity contribution in [2.24, 2.45) is 0 Å². The summed E-state index contributed by atoms with van der Waals surface area (Å²) in [5.74, 6) is 2.70. The van der Waals surface area contributed by atoms with Crippen LogP contribution in [0.25, 0.3) is 0 Å². The average molecular weight is 379 g/mol. The molecule has 0 spiro atoms. The van der Waals surface area contributed by atoms with Crippen LogP contribution in [0, 0.1) is 6.92 Å². The Balaban J connectivity index is 1.60. The van der Waals surface area contributed by atoms with Crippen molar-refractivity contribution in [1.29, 1.82) is 0 Å². The second-order valence-corrected chi connectivity index (χ2v) is 7.98. The van der Waals surface area contributed by atoms with E-state index in [0.29, 0.717) is 19.8 Å². The number of anilines is 1. The van der Waals surface area contributed by atoms with E-state index >= 15 is 0 Å². The number of fused-ring (bicyclic) bond motifs is 1. The molecule has 146 valence electrons. The second-order valence-electron chi connectivity index (χ2n) is 7.98. The summed E-state index contributed by atoms with van der Waals surface area (Å²) in [5, 5.41) is 12.0. The number of aliphatic hydroxyl groups is 1. The molecule has 0 unspecified atom stereocenters. The molecule has 2 aromatic rings. The van der Waals surface area contributed by atoms with Crippen LogP contribution in [-0.2, 0) is 5.72 Å². The third-order valence-electron chi connectivity index (χ3n) is 6.05. The zero-order chi connectivity index (χ0) is 19.1. The number of hydrogen-bond donors (Lipinski definition) is 1. The monoisotopic (exact) mass is 379 g/mol. The minimum absolute atomic E-state index is 0.519. The fourth-order valence-electron chi connectivity index (χ4n) is 4.65. The number of aryl methyl sites for hydroxylation is 1. The normalized spacial score (nSPS) is 24.1. The van der Waals surface area contributed by atoms with Crippen LogP contribution in [0.2, 0.25) is 0 Å². The third kappa shape index (κ3) is 2.85. The van der Waals surface area contributed by atoms with Crippen molar-refractivity contribution in [2.45, 2.75) is 38.3 Å². The van der Waals surface area contributed by atoms with Gasteiger partial charge in [0.2, 0.25) is 0 Å². The Kier molecular flexibility index (Phi) is 4.27.